The van der Waals surface area contributed by atoms with Gasteiger partial charge in [-0.05, 0) is 46.0 Å². The van der Waals surface area contributed by atoms with E-state index in [0.717, 1.165) is 32.1 Å². The Morgan fingerprint density at radius 2 is 2.10 bits per heavy atom. The molecular formula is C16H24F2N2O. The number of aliphatic hydroxyl groups excluding tert-OH is 1. The molecule has 0 radical (unpaired) electrons. The van der Waals surface area contributed by atoms with E-state index in [1.54, 1.807) is 0 Å². The number of benzene rings is 1. The second kappa shape index (κ2) is 7.29. The van der Waals surface area contributed by atoms with Crippen molar-refractivity contribution in [3.8, 4) is 0 Å². The van der Waals surface area contributed by atoms with Gasteiger partial charge in [0.2, 0.25) is 0 Å². The first-order valence-electron chi connectivity index (χ1n) is 7.53. The molecule has 0 saturated carbocycles. The van der Waals surface area contributed by atoms with Gasteiger partial charge in [0.1, 0.15) is 0 Å². The number of likely N-dealkylation sites (N-methyl/N-ethyl adjacent to an activating group) is 1. The minimum Gasteiger partial charge on any atom is -0.388 e. The van der Waals surface area contributed by atoms with Crippen LogP contribution < -0.4 is 0 Å². The minimum absolute atomic E-state index is 0.0505. The van der Waals surface area contributed by atoms with E-state index in [1.165, 1.54) is 12.1 Å². The normalized spacial score (nSPS) is 23.0. The van der Waals surface area contributed by atoms with E-state index in [4.69, 9.17) is 0 Å². The van der Waals surface area contributed by atoms with Crippen LogP contribution in [0.25, 0.3) is 0 Å². The molecule has 0 aliphatic carbocycles. The lowest BCUT2D eigenvalue weighted by Gasteiger charge is -2.28. The van der Waals surface area contributed by atoms with Gasteiger partial charge in [0.05, 0.1) is 6.10 Å². The SMILES string of the molecule is CC1CN(C)CCCN1CCC(O)c1cccc(F)c1F. The lowest BCUT2D eigenvalue weighted by Crippen LogP contribution is -2.38. The Morgan fingerprint density at radius 3 is 2.86 bits per heavy atom. The molecule has 1 aromatic rings. The lowest BCUT2D eigenvalue weighted by molar-refractivity contribution is 0.123. The van der Waals surface area contributed by atoms with Gasteiger partial charge in [-0.2, -0.15) is 0 Å². The van der Waals surface area contributed by atoms with E-state index in [9.17, 15) is 13.9 Å². The van der Waals surface area contributed by atoms with Crippen LogP contribution >= 0.6 is 0 Å². The standard InChI is InChI=1S/C16H24F2N2O/c1-12-11-19(2)8-4-9-20(12)10-7-15(21)13-5-3-6-14(17)16(13)18/h3,5-6,12,15,21H,4,7-11H2,1-2H3. The summed E-state index contributed by atoms with van der Waals surface area (Å²) in [7, 11) is 2.11. The molecule has 3 nitrogen and oxygen atoms in total. The third-order valence-electron chi connectivity index (χ3n) is 4.21. The molecule has 118 valence electrons. The van der Waals surface area contributed by atoms with Crippen molar-refractivity contribution in [2.75, 3.05) is 33.2 Å². The number of nitrogens with zero attached hydrogens (tertiary/aromatic N) is 2. The van der Waals surface area contributed by atoms with Crippen molar-refractivity contribution >= 4 is 0 Å². The van der Waals surface area contributed by atoms with Crippen LogP contribution in [-0.2, 0) is 0 Å². The second-order valence-corrected chi connectivity index (χ2v) is 5.95. The van der Waals surface area contributed by atoms with Crippen LogP contribution in [0.5, 0.6) is 0 Å². The maximum absolute atomic E-state index is 13.7. The molecule has 1 N–H and O–H groups in total. The van der Waals surface area contributed by atoms with Crippen molar-refractivity contribution in [2.24, 2.45) is 0 Å². The average Bonchev–Trinajstić information content (AvgIpc) is 2.60. The van der Waals surface area contributed by atoms with Gasteiger partial charge in [0, 0.05) is 24.7 Å². The molecule has 1 saturated heterocycles. The smallest absolute Gasteiger partial charge is 0.164 e. The van der Waals surface area contributed by atoms with Crippen LogP contribution in [0.1, 0.15) is 31.4 Å². The zero-order valence-electron chi connectivity index (χ0n) is 12.7. The first-order chi connectivity index (χ1) is 9.99. The van der Waals surface area contributed by atoms with Crippen molar-refractivity contribution in [3.05, 3.63) is 35.4 Å². The largest absolute Gasteiger partial charge is 0.388 e. The monoisotopic (exact) mass is 298 g/mol. The second-order valence-electron chi connectivity index (χ2n) is 5.95. The predicted octanol–water partition coefficient (Wildman–Crippen LogP) is 2.41. The molecule has 1 aliphatic rings. The molecule has 1 fully saturated rings. The van der Waals surface area contributed by atoms with Crippen LogP contribution in [0, 0.1) is 11.6 Å². The topological polar surface area (TPSA) is 26.7 Å². The predicted molar refractivity (Wildman–Crippen MR) is 79.1 cm³/mol. The Labute approximate surface area is 125 Å². The number of halogens is 2. The molecule has 1 aromatic carbocycles. The van der Waals surface area contributed by atoms with Crippen LogP contribution in [0.3, 0.4) is 0 Å². The molecule has 5 heteroatoms. The van der Waals surface area contributed by atoms with Gasteiger partial charge < -0.3 is 10.0 Å². The van der Waals surface area contributed by atoms with Gasteiger partial charge >= 0.3 is 0 Å². The van der Waals surface area contributed by atoms with E-state index >= 15 is 0 Å². The number of hydrogen-bond donors (Lipinski definition) is 1. The average molecular weight is 298 g/mol. The Balaban J connectivity index is 1.94. The highest BCUT2D eigenvalue weighted by molar-refractivity contribution is 5.21. The van der Waals surface area contributed by atoms with Crippen molar-refractivity contribution in [3.63, 3.8) is 0 Å². The molecule has 2 rings (SSSR count). The van der Waals surface area contributed by atoms with Crippen LogP contribution in [0.4, 0.5) is 8.78 Å². The van der Waals surface area contributed by atoms with E-state index in [2.05, 4.69) is 23.8 Å². The Morgan fingerprint density at radius 1 is 1.33 bits per heavy atom. The summed E-state index contributed by atoms with van der Waals surface area (Å²) in [5, 5.41) is 10.1. The maximum Gasteiger partial charge on any atom is 0.164 e. The molecule has 0 amide bonds. The molecule has 1 aliphatic heterocycles. The van der Waals surface area contributed by atoms with Crippen molar-refractivity contribution in [1.82, 2.24) is 9.80 Å². The van der Waals surface area contributed by atoms with Crippen LogP contribution in [0.15, 0.2) is 18.2 Å². The fraction of sp³-hybridized carbons (Fsp3) is 0.625. The molecular weight excluding hydrogens is 274 g/mol. The fourth-order valence-corrected chi connectivity index (χ4v) is 2.98. The molecule has 0 spiro atoms. The van der Waals surface area contributed by atoms with E-state index in [0.29, 0.717) is 19.0 Å². The van der Waals surface area contributed by atoms with Crippen molar-refractivity contribution < 1.29 is 13.9 Å². The molecule has 0 bridgehead atoms. The van der Waals surface area contributed by atoms with Gasteiger partial charge in [-0.1, -0.05) is 12.1 Å². The molecule has 1 heterocycles. The Hall–Kier alpha value is -1.04. The highest BCUT2D eigenvalue weighted by atomic mass is 19.2. The Bertz CT molecular complexity index is 470. The summed E-state index contributed by atoms with van der Waals surface area (Å²) in [6, 6.07) is 4.35. The highest BCUT2D eigenvalue weighted by Crippen LogP contribution is 2.22. The summed E-state index contributed by atoms with van der Waals surface area (Å²) < 4.78 is 26.8. The quantitative estimate of drug-likeness (QED) is 0.925. The van der Waals surface area contributed by atoms with Gasteiger partial charge in [0.25, 0.3) is 0 Å². The summed E-state index contributed by atoms with van der Waals surface area (Å²) in [4.78, 5) is 4.61. The van der Waals surface area contributed by atoms with E-state index in [1.807, 2.05) is 0 Å². The molecule has 2 atom stereocenters. The number of rotatable bonds is 4. The highest BCUT2D eigenvalue weighted by Gasteiger charge is 2.22. The van der Waals surface area contributed by atoms with Gasteiger partial charge in [0.15, 0.2) is 11.6 Å². The molecule has 2 unspecified atom stereocenters. The summed E-state index contributed by atoms with van der Waals surface area (Å²) in [6.45, 7) is 5.89. The maximum atomic E-state index is 13.7. The summed E-state index contributed by atoms with van der Waals surface area (Å²) in [6.07, 6.45) is 0.536. The van der Waals surface area contributed by atoms with Crippen molar-refractivity contribution in [2.45, 2.75) is 31.9 Å². The third-order valence-corrected chi connectivity index (χ3v) is 4.21. The summed E-state index contributed by atoms with van der Waals surface area (Å²) >= 11 is 0. The number of aliphatic hydroxyl groups is 1. The first kappa shape index (κ1) is 16.3. The van der Waals surface area contributed by atoms with Gasteiger partial charge in [-0.25, -0.2) is 8.78 Å². The lowest BCUT2D eigenvalue weighted by atomic mass is 10.0. The molecule has 0 aromatic heterocycles. The van der Waals surface area contributed by atoms with E-state index in [-0.39, 0.29) is 5.56 Å². The van der Waals surface area contributed by atoms with E-state index < -0.39 is 17.7 Å². The van der Waals surface area contributed by atoms with Gasteiger partial charge in [-0.3, -0.25) is 4.90 Å². The van der Waals surface area contributed by atoms with Gasteiger partial charge in [-0.15, -0.1) is 0 Å². The number of hydrogen-bond acceptors (Lipinski definition) is 3. The fourth-order valence-electron chi connectivity index (χ4n) is 2.98. The zero-order chi connectivity index (χ0) is 15.4. The molecule has 21 heavy (non-hydrogen) atoms. The first-order valence-corrected chi connectivity index (χ1v) is 7.53. The summed E-state index contributed by atoms with van der Waals surface area (Å²) in [5.74, 6) is -1.84. The zero-order valence-corrected chi connectivity index (χ0v) is 12.7. The van der Waals surface area contributed by atoms with Crippen LogP contribution in [0.2, 0.25) is 0 Å². The minimum atomic E-state index is -0.964. The van der Waals surface area contributed by atoms with Crippen molar-refractivity contribution in [1.29, 1.82) is 0 Å². The summed E-state index contributed by atoms with van der Waals surface area (Å²) in [5.41, 5.74) is 0.0505. The third kappa shape index (κ3) is 4.22. The Kier molecular flexibility index (Phi) is 5.67. The van der Waals surface area contributed by atoms with Crippen LogP contribution in [-0.4, -0.2) is 54.2 Å².